The normalized spacial score (nSPS) is 29.7. The second-order valence-corrected chi connectivity index (χ2v) is 3.79. The van der Waals surface area contributed by atoms with Crippen molar-refractivity contribution >= 4 is 9.76 Å². The third kappa shape index (κ3) is 2.44. The van der Waals surface area contributed by atoms with Crippen molar-refractivity contribution in [3.63, 3.8) is 0 Å². The van der Waals surface area contributed by atoms with Gasteiger partial charge in [0.1, 0.15) is 0 Å². The lowest BCUT2D eigenvalue weighted by Crippen LogP contribution is -2.26. The zero-order chi connectivity index (χ0) is 6.53. The van der Waals surface area contributed by atoms with Gasteiger partial charge < -0.3 is 4.74 Å². The Hall–Kier alpha value is 0.0969. The minimum Gasteiger partial charge on any atom is -0.379 e. The van der Waals surface area contributed by atoms with E-state index >= 15 is 0 Å². The Kier molecular flexibility index (Phi) is 3.20. The Morgan fingerprint density at radius 2 is 2.44 bits per heavy atom. The van der Waals surface area contributed by atoms with Crippen LogP contribution in [-0.4, -0.2) is 27.4 Å². The summed E-state index contributed by atoms with van der Waals surface area (Å²) >= 11 is 0. The Morgan fingerprint density at radius 3 is 3.00 bits per heavy atom. The highest BCUT2D eigenvalue weighted by Gasteiger charge is 2.14. The fourth-order valence-electron chi connectivity index (χ4n) is 1.02. The van der Waals surface area contributed by atoms with Gasteiger partial charge in [0.15, 0.2) is 0 Å². The van der Waals surface area contributed by atoms with E-state index < -0.39 is 9.76 Å². The summed E-state index contributed by atoms with van der Waals surface area (Å²) in [7, 11) is -0.791. The summed E-state index contributed by atoms with van der Waals surface area (Å²) in [4.78, 5) is 0. The highest BCUT2D eigenvalue weighted by molar-refractivity contribution is 6.28. The van der Waals surface area contributed by atoms with Crippen molar-refractivity contribution in [2.75, 3.05) is 6.61 Å². The van der Waals surface area contributed by atoms with Crippen molar-refractivity contribution in [2.45, 2.75) is 25.0 Å². The van der Waals surface area contributed by atoms with Gasteiger partial charge in [-0.05, 0) is 19.3 Å². The molecule has 1 N–H and O–H groups in total. The van der Waals surface area contributed by atoms with Crippen molar-refractivity contribution in [1.82, 2.24) is 0 Å². The molecule has 0 aliphatic carbocycles. The van der Waals surface area contributed by atoms with E-state index in [0.717, 1.165) is 19.4 Å². The summed E-state index contributed by atoms with van der Waals surface area (Å²) < 4.78 is 9.39. The molecule has 0 spiro atoms. The first-order chi connectivity index (χ1) is 4.43. The molecule has 0 radical (unpaired) electrons. The van der Waals surface area contributed by atoms with Crippen molar-refractivity contribution in [3.8, 4) is 0 Å². The largest absolute Gasteiger partial charge is 0.379 e. The lowest BCUT2D eigenvalue weighted by atomic mass is 10.2. The van der Waals surface area contributed by atoms with E-state index in [0.29, 0.717) is 0 Å². The van der Waals surface area contributed by atoms with Crippen LogP contribution in [0.5, 0.6) is 0 Å². The van der Waals surface area contributed by atoms with E-state index in [9.17, 15) is 0 Å². The van der Waals surface area contributed by atoms with Gasteiger partial charge >= 0.3 is 0 Å². The van der Waals surface area contributed by atoms with Crippen LogP contribution in [0.25, 0.3) is 0 Å². The molecule has 0 aromatic carbocycles. The second kappa shape index (κ2) is 4.00. The molecule has 54 valence electrons. The van der Waals surface area contributed by atoms with Gasteiger partial charge in [0.25, 0.3) is 0 Å². The zero-order valence-corrected chi connectivity index (χ0v) is 6.79. The highest BCUT2D eigenvalue weighted by atomic mass is 28.2. The molecule has 9 heavy (non-hydrogen) atoms. The van der Waals surface area contributed by atoms with E-state index in [2.05, 4.69) is 4.58 Å². The topological polar surface area (TPSA) is 38.7 Å². The first-order valence-electron chi connectivity index (χ1n) is 3.31. The van der Waals surface area contributed by atoms with E-state index in [1.54, 1.807) is 0 Å². The van der Waals surface area contributed by atoms with Gasteiger partial charge in [0.05, 0.1) is 5.73 Å². The molecule has 1 aliphatic heterocycles. The molecule has 1 atom stereocenters. The molecule has 1 heterocycles. The predicted molar refractivity (Wildman–Crippen MR) is 35.8 cm³/mol. The average Bonchev–Trinajstić information content (AvgIpc) is 1.91. The maximum atomic E-state index is 8.10. The molecule has 1 fully saturated rings. The molecule has 3 nitrogen and oxygen atoms in total. The van der Waals surface area contributed by atoms with Gasteiger partial charge in [-0.1, -0.05) is 0 Å². The van der Waals surface area contributed by atoms with Gasteiger partial charge in [0, 0.05) is 6.61 Å². The Morgan fingerprint density at radius 1 is 1.56 bits per heavy atom. The van der Waals surface area contributed by atoms with Crippen LogP contribution in [0.3, 0.4) is 0 Å². The molecule has 0 bridgehead atoms. The number of rotatable bonds is 2. The first kappa shape index (κ1) is 7.21. The molecule has 1 aliphatic rings. The SMILES string of the molecule is OO[SiH2]C1CCCCO1. The summed E-state index contributed by atoms with van der Waals surface area (Å²) in [5, 5.41) is 8.10. The summed E-state index contributed by atoms with van der Waals surface area (Å²) in [6.07, 6.45) is 3.46. The second-order valence-electron chi connectivity index (χ2n) is 2.28. The van der Waals surface area contributed by atoms with E-state index in [4.69, 9.17) is 9.99 Å². The van der Waals surface area contributed by atoms with Crippen molar-refractivity contribution in [3.05, 3.63) is 0 Å². The maximum Gasteiger partial charge on any atom is 0.237 e. The standard InChI is InChI=1S/C5H12O3Si/c6-8-9-5-3-1-2-4-7-5/h5-6H,1-4,9H2. The van der Waals surface area contributed by atoms with Crippen LogP contribution in [0.2, 0.25) is 0 Å². The first-order valence-corrected chi connectivity index (χ1v) is 4.71. The molecule has 1 rings (SSSR count). The van der Waals surface area contributed by atoms with E-state index in [-0.39, 0.29) is 5.73 Å². The highest BCUT2D eigenvalue weighted by Crippen LogP contribution is 2.10. The minimum absolute atomic E-state index is 0.267. The van der Waals surface area contributed by atoms with E-state index in [1.807, 2.05) is 0 Å². The lowest BCUT2D eigenvalue weighted by molar-refractivity contribution is -0.146. The van der Waals surface area contributed by atoms with Crippen molar-refractivity contribution in [1.29, 1.82) is 0 Å². The van der Waals surface area contributed by atoms with E-state index in [1.165, 1.54) is 6.42 Å². The molecular formula is C5H12O3Si. The smallest absolute Gasteiger partial charge is 0.237 e. The van der Waals surface area contributed by atoms with Crippen LogP contribution < -0.4 is 0 Å². The van der Waals surface area contributed by atoms with Crippen LogP contribution in [-0.2, 0) is 9.31 Å². The summed E-state index contributed by atoms with van der Waals surface area (Å²) in [6, 6.07) is 0. The summed E-state index contributed by atoms with van der Waals surface area (Å²) in [6.45, 7) is 0.848. The molecule has 1 unspecified atom stereocenters. The van der Waals surface area contributed by atoms with Crippen LogP contribution in [0.1, 0.15) is 19.3 Å². The predicted octanol–water partition coefficient (Wildman–Crippen LogP) is 0.0864. The Bertz CT molecular complexity index is 69.8. The minimum atomic E-state index is -0.791. The number of ether oxygens (including phenoxy) is 1. The molecule has 0 amide bonds. The van der Waals surface area contributed by atoms with Crippen LogP contribution in [0.15, 0.2) is 0 Å². The fourth-order valence-corrected chi connectivity index (χ4v) is 1.91. The zero-order valence-electron chi connectivity index (χ0n) is 5.38. The quantitative estimate of drug-likeness (QED) is 0.342. The molecule has 0 aromatic heterocycles. The summed E-state index contributed by atoms with van der Waals surface area (Å²) in [5.74, 6) is 0. The van der Waals surface area contributed by atoms with Crippen LogP contribution >= 0.6 is 0 Å². The Labute approximate surface area is 56.8 Å². The van der Waals surface area contributed by atoms with Gasteiger partial charge in [0.2, 0.25) is 9.76 Å². The molecule has 1 saturated heterocycles. The van der Waals surface area contributed by atoms with Gasteiger partial charge in [-0.3, -0.25) is 9.83 Å². The lowest BCUT2D eigenvalue weighted by Gasteiger charge is -2.19. The molecular weight excluding hydrogens is 136 g/mol. The average molecular weight is 148 g/mol. The fraction of sp³-hybridized carbons (Fsp3) is 1.00. The third-order valence-corrected chi connectivity index (χ3v) is 2.70. The third-order valence-electron chi connectivity index (χ3n) is 1.53. The van der Waals surface area contributed by atoms with Crippen LogP contribution in [0.4, 0.5) is 0 Å². The Balaban J connectivity index is 2.08. The van der Waals surface area contributed by atoms with Gasteiger partial charge in [-0.15, -0.1) is 0 Å². The molecule has 0 aromatic rings. The molecule has 0 saturated carbocycles. The van der Waals surface area contributed by atoms with Gasteiger partial charge in [-0.2, -0.15) is 0 Å². The van der Waals surface area contributed by atoms with Gasteiger partial charge in [-0.25, -0.2) is 0 Å². The number of hydrogen-bond acceptors (Lipinski definition) is 3. The van der Waals surface area contributed by atoms with Crippen LogP contribution in [0, 0.1) is 0 Å². The van der Waals surface area contributed by atoms with Crippen molar-refractivity contribution in [2.24, 2.45) is 0 Å². The number of hydrogen-bond donors (Lipinski definition) is 1. The molecule has 4 heteroatoms. The van der Waals surface area contributed by atoms with Crippen molar-refractivity contribution < 1.29 is 14.6 Å². The monoisotopic (exact) mass is 148 g/mol. The maximum absolute atomic E-state index is 8.10. The summed E-state index contributed by atoms with van der Waals surface area (Å²) in [5.41, 5.74) is 0.267.